The van der Waals surface area contributed by atoms with Crippen LogP contribution in [0.15, 0.2) is 0 Å². The second kappa shape index (κ2) is 6.05. The molecule has 1 heterocycles. The van der Waals surface area contributed by atoms with E-state index in [4.69, 9.17) is 0 Å². The second-order valence-electron chi connectivity index (χ2n) is 6.48. The van der Waals surface area contributed by atoms with Crippen LogP contribution in [0.2, 0.25) is 0 Å². The van der Waals surface area contributed by atoms with Crippen LogP contribution in [0.3, 0.4) is 0 Å². The lowest BCUT2D eigenvalue weighted by atomic mass is 9.87. The van der Waals surface area contributed by atoms with E-state index in [1.54, 1.807) is 0 Å². The minimum atomic E-state index is -0.0527. The van der Waals surface area contributed by atoms with Crippen LogP contribution < -0.4 is 5.32 Å². The summed E-state index contributed by atoms with van der Waals surface area (Å²) in [7, 11) is 1.99. The van der Waals surface area contributed by atoms with E-state index in [1.807, 2.05) is 11.9 Å². The molecule has 1 aliphatic carbocycles. The second-order valence-corrected chi connectivity index (χ2v) is 6.48. The van der Waals surface area contributed by atoms with Crippen molar-refractivity contribution < 1.29 is 4.79 Å². The number of rotatable bonds is 4. The Kier molecular flexibility index (Phi) is 4.66. The summed E-state index contributed by atoms with van der Waals surface area (Å²) < 4.78 is 0. The van der Waals surface area contributed by atoms with Gasteiger partial charge in [-0.05, 0) is 51.1 Å². The first kappa shape index (κ1) is 13.9. The van der Waals surface area contributed by atoms with Crippen LogP contribution in [0.5, 0.6) is 0 Å². The first-order chi connectivity index (χ1) is 8.62. The van der Waals surface area contributed by atoms with Gasteiger partial charge in [-0.2, -0.15) is 0 Å². The lowest BCUT2D eigenvalue weighted by Crippen LogP contribution is -2.40. The summed E-state index contributed by atoms with van der Waals surface area (Å²) in [6, 6.07) is 0. The van der Waals surface area contributed by atoms with Crippen LogP contribution in [-0.4, -0.2) is 37.5 Å². The normalized spacial score (nSPS) is 24.1. The van der Waals surface area contributed by atoms with Crippen LogP contribution >= 0.6 is 0 Å². The lowest BCUT2D eigenvalue weighted by molar-refractivity contribution is -0.139. The Morgan fingerprint density at radius 3 is 2.50 bits per heavy atom. The van der Waals surface area contributed by atoms with E-state index >= 15 is 0 Å². The minimum Gasteiger partial charge on any atom is -0.345 e. The first-order valence-corrected chi connectivity index (χ1v) is 7.58. The van der Waals surface area contributed by atoms with Crippen molar-refractivity contribution in [2.45, 2.75) is 51.9 Å². The smallest absolute Gasteiger partial charge is 0.228 e. The fourth-order valence-electron chi connectivity index (χ4n) is 3.48. The Labute approximate surface area is 111 Å². The Morgan fingerprint density at radius 2 is 1.89 bits per heavy atom. The molecule has 3 nitrogen and oxygen atoms in total. The van der Waals surface area contributed by atoms with E-state index < -0.39 is 0 Å². The van der Waals surface area contributed by atoms with Gasteiger partial charge in [0.15, 0.2) is 0 Å². The molecule has 0 unspecified atom stereocenters. The summed E-state index contributed by atoms with van der Waals surface area (Å²) in [6.45, 7) is 5.41. The summed E-state index contributed by atoms with van der Waals surface area (Å²) >= 11 is 0. The number of piperidine rings is 1. The van der Waals surface area contributed by atoms with Gasteiger partial charge in [-0.25, -0.2) is 0 Å². The Hall–Kier alpha value is -0.570. The average Bonchev–Trinajstić information content (AvgIpc) is 2.84. The summed E-state index contributed by atoms with van der Waals surface area (Å²) in [4.78, 5) is 14.4. The largest absolute Gasteiger partial charge is 0.345 e. The molecule has 104 valence electrons. The monoisotopic (exact) mass is 252 g/mol. The van der Waals surface area contributed by atoms with Gasteiger partial charge in [0.2, 0.25) is 5.91 Å². The number of nitrogens with zero attached hydrogens (tertiary/aromatic N) is 1. The number of nitrogens with one attached hydrogen (secondary N) is 1. The van der Waals surface area contributed by atoms with Gasteiger partial charge in [0.25, 0.3) is 0 Å². The van der Waals surface area contributed by atoms with Gasteiger partial charge >= 0.3 is 0 Å². The number of carbonyl (C=O) groups excluding carboxylic acids is 1. The topological polar surface area (TPSA) is 32.3 Å². The fourth-order valence-corrected chi connectivity index (χ4v) is 3.48. The van der Waals surface area contributed by atoms with Gasteiger partial charge in [-0.15, -0.1) is 0 Å². The van der Waals surface area contributed by atoms with Gasteiger partial charge in [0, 0.05) is 19.0 Å². The van der Waals surface area contributed by atoms with Crippen LogP contribution in [0.4, 0.5) is 0 Å². The molecule has 1 aliphatic heterocycles. The summed E-state index contributed by atoms with van der Waals surface area (Å²) in [5.41, 5.74) is -0.0527. The minimum absolute atomic E-state index is 0.0527. The van der Waals surface area contributed by atoms with Gasteiger partial charge < -0.3 is 10.2 Å². The van der Waals surface area contributed by atoms with Gasteiger partial charge in [0.1, 0.15) is 0 Å². The van der Waals surface area contributed by atoms with Crippen molar-refractivity contribution in [2.75, 3.05) is 26.7 Å². The van der Waals surface area contributed by atoms with E-state index in [-0.39, 0.29) is 5.41 Å². The summed E-state index contributed by atoms with van der Waals surface area (Å²) in [6.07, 6.45) is 8.36. The maximum absolute atomic E-state index is 12.5. The number of carbonyl (C=O) groups is 1. The van der Waals surface area contributed by atoms with Gasteiger partial charge in [-0.1, -0.05) is 19.8 Å². The molecule has 0 aromatic heterocycles. The van der Waals surface area contributed by atoms with Crippen molar-refractivity contribution in [3.63, 3.8) is 0 Å². The highest BCUT2D eigenvalue weighted by Crippen LogP contribution is 2.39. The molecule has 1 saturated heterocycles. The molecule has 2 aliphatic rings. The lowest BCUT2D eigenvalue weighted by Gasteiger charge is -2.30. The average molecular weight is 252 g/mol. The third kappa shape index (κ3) is 3.25. The molecule has 0 atom stereocenters. The maximum atomic E-state index is 12.5. The van der Waals surface area contributed by atoms with Crippen molar-refractivity contribution in [3.05, 3.63) is 0 Å². The molecule has 2 rings (SSSR count). The quantitative estimate of drug-likeness (QED) is 0.833. The van der Waals surface area contributed by atoms with E-state index in [9.17, 15) is 4.79 Å². The van der Waals surface area contributed by atoms with Gasteiger partial charge in [-0.3, -0.25) is 4.79 Å². The molecular weight excluding hydrogens is 224 g/mol. The Bertz CT molecular complexity index is 278. The zero-order chi connectivity index (χ0) is 13.0. The van der Waals surface area contributed by atoms with Crippen molar-refractivity contribution in [1.82, 2.24) is 10.2 Å². The molecular formula is C15H28N2O. The summed E-state index contributed by atoms with van der Waals surface area (Å²) in [5, 5.41) is 3.40. The molecule has 1 N–H and O–H groups in total. The van der Waals surface area contributed by atoms with Crippen LogP contribution in [0, 0.1) is 11.3 Å². The van der Waals surface area contributed by atoms with E-state index in [1.165, 1.54) is 32.1 Å². The number of hydrogen-bond donors (Lipinski definition) is 1. The van der Waals surface area contributed by atoms with Crippen LogP contribution in [0.1, 0.15) is 51.9 Å². The molecule has 0 bridgehead atoms. The standard InChI is InChI=1S/C15H28N2O/c1-15(8-3-4-9-15)14(18)17(2)12-7-13-5-10-16-11-6-13/h13,16H,3-12H2,1-2H3. The molecule has 0 aromatic carbocycles. The van der Waals surface area contributed by atoms with E-state index in [2.05, 4.69) is 12.2 Å². The SMILES string of the molecule is CN(CCC1CCNCC1)C(=O)C1(C)CCCC1. The molecule has 0 spiro atoms. The van der Waals surface area contributed by atoms with Crippen molar-refractivity contribution in [2.24, 2.45) is 11.3 Å². The van der Waals surface area contributed by atoms with Crippen molar-refractivity contribution in [3.8, 4) is 0 Å². The fraction of sp³-hybridized carbons (Fsp3) is 0.933. The van der Waals surface area contributed by atoms with Crippen LogP contribution in [-0.2, 0) is 4.79 Å². The third-order valence-corrected chi connectivity index (χ3v) is 4.90. The molecule has 18 heavy (non-hydrogen) atoms. The van der Waals surface area contributed by atoms with E-state index in [0.717, 1.165) is 38.4 Å². The predicted octanol–water partition coefficient (Wildman–Crippen LogP) is 2.41. The Morgan fingerprint density at radius 1 is 1.28 bits per heavy atom. The molecule has 2 fully saturated rings. The maximum Gasteiger partial charge on any atom is 0.228 e. The zero-order valence-electron chi connectivity index (χ0n) is 12.0. The van der Waals surface area contributed by atoms with Gasteiger partial charge in [0.05, 0.1) is 0 Å². The highest BCUT2D eigenvalue weighted by molar-refractivity contribution is 5.82. The summed E-state index contributed by atoms with van der Waals surface area (Å²) in [5.74, 6) is 1.20. The highest BCUT2D eigenvalue weighted by atomic mass is 16.2. The molecule has 1 saturated carbocycles. The Balaban J connectivity index is 1.76. The molecule has 1 amide bonds. The van der Waals surface area contributed by atoms with Crippen molar-refractivity contribution in [1.29, 1.82) is 0 Å². The zero-order valence-corrected chi connectivity index (χ0v) is 12.0. The van der Waals surface area contributed by atoms with Crippen LogP contribution in [0.25, 0.3) is 0 Å². The van der Waals surface area contributed by atoms with E-state index in [0.29, 0.717) is 5.91 Å². The molecule has 0 radical (unpaired) electrons. The third-order valence-electron chi connectivity index (χ3n) is 4.90. The molecule has 0 aromatic rings. The predicted molar refractivity (Wildman–Crippen MR) is 74.4 cm³/mol. The number of hydrogen-bond acceptors (Lipinski definition) is 2. The van der Waals surface area contributed by atoms with Crippen molar-refractivity contribution >= 4 is 5.91 Å². The number of amides is 1. The highest BCUT2D eigenvalue weighted by Gasteiger charge is 2.37. The molecule has 3 heteroatoms. The first-order valence-electron chi connectivity index (χ1n) is 7.58.